The minimum atomic E-state index is -0.223. The fourth-order valence-electron chi connectivity index (χ4n) is 2.37. The molecule has 0 fully saturated rings. The number of rotatable bonds is 6. The normalized spacial score (nSPS) is 13.0. The van der Waals surface area contributed by atoms with Crippen LogP contribution in [0.5, 0.6) is 11.5 Å². The van der Waals surface area contributed by atoms with Gasteiger partial charge in [0.25, 0.3) is 0 Å². The molecule has 112 valence electrons. The third-order valence-corrected chi connectivity index (χ3v) is 3.30. The number of fused-ring (bicyclic) bond motifs is 1. The fraction of sp³-hybridized carbons (Fsp3) is 0.400. The van der Waals surface area contributed by atoms with Crippen LogP contribution in [0.4, 0.5) is 5.69 Å². The predicted octanol–water partition coefficient (Wildman–Crippen LogP) is 1.49. The van der Waals surface area contributed by atoms with Gasteiger partial charge in [-0.05, 0) is 0 Å². The van der Waals surface area contributed by atoms with Crippen molar-refractivity contribution >= 4 is 23.5 Å². The lowest BCUT2D eigenvalue weighted by molar-refractivity contribution is -0.119. The second-order valence-electron chi connectivity index (χ2n) is 4.61. The van der Waals surface area contributed by atoms with Crippen molar-refractivity contribution in [2.75, 3.05) is 20.8 Å². The number of aliphatic hydroxyl groups excluding tert-OH is 1. The first-order chi connectivity index (χ1) is 10.1. The summed E-state index contributed by atoms with van der Waals surface area (Å²) in [5.74, 6) is 0.518. The Kier molecular flexibility index (Phi) is 4.70. The van der Waals surface area contributed by atoms with Gasteiger partial charge >= 0.3 is 0 Å². The summed E-state index contributed by atoms with van der Waals surface area (Å²) in [6, 6.07) is 1.63. The third-order valence-electron chi connectivity index (χ3n) is 3.30. The molecule has 0 unspecified atom stereocenters. The van der Waals surface area contributed by atoms with Crippen molar-refractivity contribution in [1.82, 2.24) is 0 Å². The fourth-order valence-corrected chi connectivity index (χ4v) is 2.37. The minimum Gasteiger partial charge on any atom is -0.493 e. The number of hydrogen-bond donors (Lipinski definition) is 1. The molecule has 1 aromatic carbocycles. The molecule has 0 radical (unpaired) electrons. The van der Waals surface area contributed by atoms with Crippen LogP contribution in [0, 0.1) is 0 Å². The molecular formula is C15H17NO5. The summed E-state index contributed by atoms with van der Waals surface area (Å²) >= 11 is 0. The zero-order chi connectivity index (χ0) is 15.4. The van der Waals surface area contributed by atoms with E-state index in [4.69, 9.17) is 14.6 Å². The number of methoxy groups -OCH3 is 2. The van der Waals surface area contributed by atoms with E-state index in [1.165, 1.54) is 20.4 Å². The summed E-state index contributed by atoms with van der Waals surface area (Å²) < 4.78 is 10.6. The van der Waals surface area contributed by atoms with Crippen LogP contribution in [0.25, 0.3) is 0 Å². The molecule has 1 aliphatic heterocycles. The number of aliphatic hydroxyl groups is 1. The first-order valence-corrected chi connectivity index (χ1v) is 6.58. The zero-order valence-electron chi connectivity index (χ0n) is 12.0. The number of ketones is 2. The Morgan fingerprint density at radius 2 is 2.14 bits per heavy atom. The number of carbonyl (C=O) groups is 2. The highest BCUT2D eigenvalue weighted by molar-refractivity contribution is 6.12. The van der Waals surface area contributed by atoms with Crippen LogP contribution in [0.3, 0.4) is 0 Å². The van der Waals surface area contributed by atoms with Crippen molar-refractivity contribution < 1.29 is 24.2 Å². The van der Waals surface area contributed by atoms with Gasteiger partial charge in [0.15, 0.2) is 17.3 Å². The Morgan fingerprint density at radius 1 is 1.38 bits per heavy atom. The van der Waals surface area contributed by atoms with E-state index in [2.05, 4.69) is 4.99 Å². The summed E-state index contributed by atoms with van der Waals surface area (Å²) in [5, 5.41) is 8.87. The van der Waals surface area contributed by atoms with Gasteiger partial charge in [-0.15, -0.1) is 0 Å². The van der Waals surface area contributed by atoms with Crippen LogP contribution < -0.4 is 9.47 Å². The summed E-state index contributed by atoms with van der Waals surface area (Å²) in [5.41, 5.74) is 1.37. The minimum absolute atomic E-state index is 0.00449. The molecule has 0 aliphatic carbocycles. The standard InChI is InChI=1S/C15H17NO5/c1-20-13-8-11-14(12(19)3-5-16-11)10(15(13)21-2)7-9(18)4-6-17/h5,8,17H,3-4,6-7H2,1-2H3. The molecule has 6 heteroatoms. The summed E-state index contributed by atoms with van der Waals surface area (Å²) in [6.45, 7) is -0.223. The Hall–Kier alpha value is -2.21. The number of carbonyl (C=O) groups excluding carboxylic acids is 2. The Labute approximate surface area is 122 Å². The van der Waals surface area contributed by atoms with Gasteiger partial charge in [0.1, 0.15) is 5.78 Å². The van der Waals surface area contributed by atoms with Crippen molar-refractivity contribution in [3.05, 3.63) is 17.2 Å². The number of aliphatic imine (C=N–C) groups is 1. The maximum atomic E-state index is 12.2. The van der Waals surface area contributed by atoms with E-state index in [1.807, 2.05) is 0 Å². The second-order valence-corrected chi connectivity index (χ2v) is 4.61. The van der Waals surface area contributed by atoms with Crippen LogP contribution >= 0.6 is 0 Å². The van der Waals surface area contributed by atoms with Crippen LogP contribution in [0.1, 0.15) is 28.8 Å². The summed E-state index contributed by atoms with van der Waals surface area (Å²) in [6.07, 6.45) is 1.77. The third kappa shape index (κ3) is 2.95. The lowest BCUT2D eigenvalue weighted by atomic mass is 9.92. The Bertz CT molecular complexity index is 607. The van der Waals surface area contributed by atoms with Gasteiger partial charge in [0, 0.05) is 43.7 Å². The summed E-state index contributed by atoms with van der Waals surface area (Å²) in [7, 11) is 2.94. The van der Waals surface area contributed by atoms with Crippen molar-refractivity contribution in [2.24, 2.45) is 4.99 Å². The molecule has 1 aliphatic rings. The highest BCUT2D eigenvalue weighted by Crippen LogP contribution is 2.41. The topological polar surface area (TPSA) is 85.2 Å². The lowest BCUT2D eigenvalue weighted by Gasteiger charge is -2.19. The molecule has 1 aromatic rings. The molecule has 0 saturated carbocycles. The van der Waals surface area contributed by atoms with Gasteiger partial charge in [-0.2, -0.15) is 0 Å². The van der Waals surface area contributed by atoms with E-state index >= 15 is 0 Å². The SMILES string of the molecule is COc1cc2c(c(CC(=O)CCO)c1OC)C(=O)CC=N2. The number of nitrogens with zero attached hydrogens (tertiary/aromatic N) is 1. The maximum absolute atomic E-state index is 12.2. The van der Waals surface area contributed by atoms with Gasteiger partial charge < -0.3 is 14.6 Å². The quantitative estimate of drug-likeness (QED) is 0.858. The molecule has 1 N–H and O–H groups in total. The highest BCUT2D eigenvalue weighted by atomic mass is 16.5. The van der Waals surface area contributed by atoms with Crippen LogP contribution in [0.15, 0.2) is 11.1 Å². The van der Waals surface area contributed by atoms with Crippen LogP contribution in [0.2, 0.25) is 0 Å². The molecule has 0 aromatic heterocycles. The van der Waals surface area contributed by atoms with Gasteiger partial charge in [0.2, 0.25) is 0 Å². The monoisotopic (exact) mass is 291 g/mol. The van der Waals surface area contributed by atoms with Gasteiger partial charge in [0.05, 0.1) is 25.5 Å². The summed E-state index contributed by atoms with van der Waals surface area (Å²) in [4.78, 5) is 28.2. The molecule has 1 heterocycles. The average molecular weight is 291 g/mol. The molecule has 21 heavy (non-hydrogen) atoms. The predicted molar refractivity (Wildman–Crippen MR) is 77.1 cm³/mol. The highest BCUT2D eigenvalue weighted by Gasteiger charge is 2.26. The largest absolute Gasteiger partial charge is 0.493 e. The number of ether oxygens (including phenoxy) is 2. The second kappa shape index (κ2) is 6.49. The first-order valence-electron chi connectivity index (χ1n) is 6.58. The molecule has 2 rings (SSSR count). The number of benzene rings is 1. The Morgan fingerprint density at radius 3 is 2.76 bits per heavy atom. The van der Waals surface area contributed by atoms with Gasteiger partial charge in [-0.25, -0.2) is 0 Å². The van der Waals surface area contributed by atoms with Crippen molar-refractivity contribution in [1.29, 1.82) is 0 Å². The lowest BCUT2D eigenvalue weighted by Crippen LogP contribution is -2.14. The van der Waals surface area contributed by atoms with E-state index < -0.39 is 0 Å². The van der Waals surface area contributed by atoms with E-state index in [1.54, 1.807) is 6.07 Å². The molecule has 0 saturated heterocycles. The van der Waals surface area contributed by atoms with Crippen molar-refractivity contribution in [3.63, 3.8) is 0 Å². The molecular weight excluding hydrogens is 274 g/mol. The Balaban J connectivity index is 2.60. The van der Waals surface area contributed by atoms with Gasteiger partial charge in [-0.1, -0.05) is 0 Å². The smallest absolute Gasteiger partial charge is 0.170 e. The van der Waals surface area contributed by atoms with E-state index in [0.717, 1.165) is 0 Å². The van der Waals surface area contributed by atoms with Gasteiger partial charge in [-0.3, -0.25) is 14.6 Å². The first kappa shape index (κ1) is 15.2. The molecule has 0 bridgehead atoms. The maximum Gasteiger partial charge on any atom is 0.170 e. The van der Waals surface area contributed by atoms with Crippen LogP contribution in [-0.4, -0.2) is 43.7 Å². The van der Waals surface area contributed by atoms with E-state index in [-0.39, 0.29) is 37.4 Å². The molecule has 0 amide bonds. The molecule has 0 atom stereocenters. The van der Waals surface area contributed by atoms with Crippen LogP contribution in [-0.2, 0) is 11.2 Å². The van der Waals surface area contributed by atoms with E-state index in [0.29, 0.717) is 28.3 Å². The zero-order valence-corrected chi connectivity index (χ0v) is 12.0. The number of hydrogen-bond acceptors (Lipinski definition) is 6. The van der Waals surface area contributed by atoms with E-state index in [9.17, 15) is 9.59 Å². The van der Waals surface area contributed by atoms with Crippen molar-refractivity contribution in [2.45, 2.75) is 19.3 Å². The molecule has 0 spiro atoms. The molecule has 6 nitrogen and oxygen atoms in total. The number of Topliss-reactive ketones (excluding diaryl/α,β-unsaturated/α-hetero) is 2. The van der Waals surface area contributed by atoms with Crippen molar-refractivity contribution in [3.8, 4) is 11.5 Å². The average Bonchev–Trinajstić information content (AvgIpc) is 2.46.